The van der Waals surface area contributed by atoms with E-state index >= 15 is 0 Å². The predicted octanol–water partition coefficient (Wildman–Crippen LogP) is 3.10. The third-order valence-electron chi connectivity index (χ3n) is 2.35. The third kappa shape index (κ3) is 4.79. The fourth-order valence-electron chi connectivity index (χ4n) is 1.55. The lowest BCUT2D eigenvalue weighted by atomic mass is 10.1. The van der Waals surface area contributed by atoms with Crippen LogP contribution in [0.4, 0.5) is 10.5 Å². The van der Waals surface area contributed by atoms with Crippen LogP contribution in [0.1, 0.15) is 39.4 Å². The van der Waals surface area contributed by atoms with Gasteiger partial charge in [-0.3, -0.25) is 5.32 Å². The third-order valence-corrected chi connectivity index (χ3v) is 2.35. The molecule has 1 amide bonds. The number of carbonyl (C=O) groups is 1. The predicted molar refractivity (Wildman–Crippen MR) is 73.5 cm³/mol. The van der Waals surface area contributed by atoms with E-state index in [4.69, 9.17) is 9.47 Å². The maximum atomic E-state index is 11.7. The quantitative estimate of drug-likeness (QED) is 0.883. The highest BCUT2D eigenvalue weighted by Crippen LogP contribution is 2.27. The first-order chi connectivity index (χ1) is 8.73. The Kier molecular flexibility index (Phi) is 4.78. The van der Waals surface area contributed by atoms with Crippen LogP contribution in [0.25, 0.3) is 0 Å². The van der Waals surface area contributed by atoms with E-state index in [1.54, 1.807) is 45.9 Å². The number of nitrogens with one attached hydrogen (secondary N) is 1. The monoisotopic (exact) mass is 267 g/mol. The summed E-state index contributed by atoms with van der Waals surface area (Å²) in [6, 6.07) is 5.07. The summed E-state index contributed by atoms with van der Waals surface area (Å²) >= 11 is 0. The number of amides is 1. The molecule has 0 heterocycles. The summed E-state index contributed by atoms with van der Waals surface area (Å²) in [6.45, 7) is 6.98. The van der Waals surface area contributed by atoms with Gasteiger partial charge in [0.1, 0.15) is 11.4 Å². The second kappa shape index (κ2) is 5.93. The zero-order valence-electron chi connectivity index (χ0n) is 12.0. The van der Waals surface area contributed by atoms with Gasteiger partial charge in [-0.05, 0) is 33.8 Å². The maximum Gasteiger partial charge on any atom is 0.412 e. The molecule has 106 valence electrons. The normalized spacial score (nSPS) is 12.7. The summed E-state index contributed by atoms with van der Waals surface area (Å²) in [5.41, 5.74) is 0.503. The van der Waals surface area contributed by atoms with E-state index in [1.165, 1.54) is 7.11 Å². The van der Waals surface area contributed by atoms with Crippen LogP contribution in [-0.4, -0.2) is 23.9 Å². The van der Waals surface area contributed by atoms with Gasteiger partial charge in [-0.15, -0.1) is 0 Å². The molecule has 1 aromatic carbocycles. The maximum absolute atomic E-state index is 11.7. The average Bonchev–Trinajstić information content (AvgIpc) is 2.25. The van der Waals surface area contributed by atoms with Crippen molar-refractivity contribution in [1.29, 1.82) is 0 Å². The number of methoxy groups -OCH3 is 1. The number of anilines is 1. The molecule has 0 aliphatic rings. The van der Waals surface area contributed by atoms with Crippen molar-refractivity contribution in [2.24, 2.45) is 0 Å². The molecule has 0 unspecified atom stereocenters. The van der Waals surface area contributed by atoms with E-state index in [0.29, 0.717) is 17.0 Å². The molecule has 5 heteroatoms. The zero-order chi connectivity index (χ0) is 14.6. The molecule has 0 spiro atoms. The first-order valence-corrected chi connectivity index (χ1v) is 6.09. The molecule has 0 saturated carbocycles. The van der Waals surface area contributed by atoms with Crippen LogP contribution in [-0.2, 0) is 4.74 Å². The number of carbonyl (C=O) groups excluding carboxylic acids is 1. The van der Waals surface area contributed by atoms with Crippen molar-refractivity contribution in [3.8, 4) is 5.75 Å². The minimum absolute atomic E-state index is 0.476. The van der Waals surface area contributed by atoms with Crippen LogP contribution in [0, 0.1) is 0 Å². The first kappa shape index (κ1) is 15.3. The Balaban J connectivity index is 2.94. The zero-order valence-corrected chi connectivity index (χ0v) is 12.0. The standard InChI is InChI=1S/C14H21NO4/c1-9(16)11-7-6-10(18-5)8-12(11)15-13(17)19-14(2,3)4/h6-9,16H,1-5H3,(H,15,17)/t9-/m1/s1. The van der Waals surface area contributed by atoms with Gasteiger partial charge in [0, 0.05) is 11.6 Å². The fourth-order valence-corrected chi connectivity index (χ4v) is 1.55. The molecule has 0 aliphatic heterocycles. The van der Waals surface area contributed by atoms with E-state index in [0.717, 1.165) is 0 Å². The molecule has 0 radical (unpaired) electrons. The number of ether oxygens (including phenoxy) is 2. The fraction of sp³-hybridized carbons (Fsp3) is 0.500. The summed E-state index contributed by atoms with van der Waals surface area (Å²) in [4.78, 5) is 11.7. The van der Waals surface area contributed by atoms with Crippen molar-refractivity contribution < 1.29 is 19.4 Å². The van der Waals surface area contributed by atoms with Crippen molar-refractivity contribution >= 4 is 11.8 Å². The summed E-state index contributed by atoms with van der Waals surface area (Å²) in [6.07, 6.45) is -1.27. The number of hydrogen-bond donors (Lipinski definition) is 2. The number of rotatable bonds is 3. The minimum atomic E-state index is -0.698. The Hall–Kier alpha value is -1.75. The van der Waals surface area contributed by atoms with Gasteiger partial charge in [0.25, 0.3) is 0 Å². The highest BCUT2D eigenvalue weighted by atomic mass is 16.6. The lowest BCUT2D eigenvalue weighted by molar-refractivity contribution is 0.0635. The first-order valence-electron chi connectivity index (χ1n) is 6.09. The smallest absolute Gasteiger partial charge is 0.412 e. The molecule has 1 aromatic rings. The van der Waals surface area contributed by atoms with Crippen LogP contribution >= 0.6 is 0 Å². The number of aliphatic hydroxyl groups excluding tert-OH is 1. The second-order valence-electron chi connectivity index (χ2n) is 5.26. The number of benzene rings is 1. The molecule has 0 saturated heterocycles. The van der Waals surface area contributed by atoms with Gasteiger partial charge in [0.05, 0.1) is 18.9 Å². The summed E-state index contributed by atoms with van der Waals surface area (Å²) in [5, 5.41) is 12.3. The van der Waals surface area contributed by atoms with E-state index < -0.39 is 17.8 Å². The van der Waals surface area contributed by atoms with Gasteiger partial charge >= 0.3 is 6.09 Å². The molecule has 2 N–H and O–H groups in total. The number of aliphatic hydroxyl groups is 1. The van der Waals surface area contributed by atoms with Gasteiger partial charge in [-0.2, -0.15) is 0 Å². The van der Waals surface area contributed by atoms with Crippen molar-refractivity contribution in [3.05, 3.63) is 23.8 Å². The van der Waals surface area contributed by atoms with E-state index in [2.05, 4.69) is 5.32 Å². The molecule has 5 nitrogen and oxygen atoms in total. The molecule has 0 bridgehead atoms. The molecular weight excluding hydrogens is 246 g/mol. The van der Waals surface area contributed by atoms with Crippen molar-refractivity contribution in [2.45, 2.75) is 39.4 Å². The van der Waals surface area contributed by atoms with Gasteiger partial charge in [-0.1, -0.05) is 6.07 Å². The van der Waals surface area contributed by atoms with Crippen molar-refractivity contribution in [1.82, 2.24) is 0 Å². The summed E-state index contributed by atoms with van der Waals surface area (Å²) < 4.78 is 10.3. The highest BCUT2D eigenvalue weighted by Gasteiger charge is 2.18. The van der Waals surface area contributed by atoms with Crippen LogP contribution in [0.5, 0.6) is 5.75 Å². The van der Waals surface area contributed by atoms with E-state index in [9.17, 15) is 9.90 Å². The average molecular weight is 267 g/mol. The summed E-state index contributed by atoms with van der Waals surface area (Å²) in [7, 11) is 1.54. The number of hydrogen-bond acceptors (Lipinski definition) is 4. The van der Waals surface area contributed by atoms with Crippen LogP contribution in [0.3, 0.4) is 0 Å². The largest absolute Gasteiger partial charge is 0.497 e. The van der Waals surface area contributed by atoms with Crippen molar-refractivity contribution in [3.63, 3.8) is 0 Å². The van der Waals surface area contributed by atoms with E-state index in [1.807, 2.05) is 0 Å². The highest BCUT2D eigenvalue weighted by molar-refractivity contribution is 5.86. The van der Waals surface area contributed by atoms with Gasteiger partial charge < -0.3 is 14.6 Å². The van der Waals surface area contributed by atoms with Crippen LogP contribution in [0.15, 0.2) is 18.2 Å². The molecule has 0 aromatic heterocycles. The Morgan fingerprint density at radius 1 is 1.37 bits per heavy atom. The van der Waals surface area contributed by atoms with Gasteiger partial charge in [0.2, 0.25) is 0 Å². The second-order valence-corrected chi connectivity index (χ2v) is 5.26. The molecular formula is C14H21NO4. The Bertz CT molecular complexity index is 449. The topological polar surface area (TPSA) is 67.8 Å². The van der Waals surface area contributed by atoms with Gasteiger partial charge in [0.15, 0.2) is 0 Å². The van der Waals surface area contributed by atoms with Gasteiger partial charge in [-0.25, -0.2) is 4.79 Å². The van der Waals surface area contributed by atoms with Crippen LogP contribution < -0.4 is 10.1 Å². The lowest BCUT2D eigenvalue weighted by Gasteiger charge is -2.21. The Labute approximate surface area is 113 Å². The van der Waals surface area contributed by atoms with E-state index in [-0.39, 0.29) is 0 Å². The molecule has 1 atom stereocenters. The Morgan fingerprint density at radius 2 is 2.00 bits per heavy atom. The van der Waals surface area contributed by atoms with Crippen LogP contribution in [0.2, 0.25) is 0 Å². The molecule has 0 fully saturated rings. The Morgan fingerprint density at radius 3 is 2.47 bits per heavy atom. The van der Waals surface area contributed by atoms with Crippen molar-refractivity contribution in [2.75, 3.05) is 12.4 Å². The summed E-state index contributed by atoms with van der Waals surface area (Å²) in [5.74, 6) is 0.593. The molecule has 0 aliphatic carbocycles. The molecule has 19 heavy (non-hydrogen) atoms. The minimum Gasteiger partial charge on any atom is -0.497 e. The lowest BCUT2D eigenvalue weighted by Crippen LogP contribution is -2.27. The molecule has 1 rings (SSSR count). The SMILES string of the molecule is COc1ccc([C@@H](C)O)c(NC(=O)OC(C)(C)C)c1.